The zero-order valence-electron chi connectivity index (χ0n) is 15.3. The Morgan fingerprint density at radius 1 is 0.625 bits per heavy atom. The van der Waals surface area contributed by atoms with Crippen LogP contribution < -0.4 is 0 Å². The van der Waals surface area contributed by atoms with E-state index in [2.05, 4.69) is 0 Å². The molecule has 138 valence electrons. The number of rotatable bonds is 13. The highest BCUT2D eigenvalue weighted by Gasteiger charge is 2.13. The van der Waals surface area contributed by atoms with E-state index in [0.29, 0.717) is 12.8 Å². The van der Waals surface area contributed by atoms with Gasteiger partial charge in [-0.25, -0.2) is 0 Å². The lowest BCUT2D eigenvalue weighted by atomic mass is 10.1. The molecule has 0 amide bonds. The van der Waals surface area contributed by atoms with E-state index >= 15 is 0 Å². The quantitative estimate of drug-likeness (QED) is 0.377. The van der Waals surface area contributed by atoms with Crippen LogP contribution in [0.25, 0.3) is 0 Å². The van der Waals surface area contributed by atoms with Gasteiger partial charge in [0.2, 0.25) is 0 Å². The number of carbonyl (C=O) groups excluding carboxylic acids is 4. The fourth-order valence-electron chi connectivity index (χ4n) is 1.92. The van der Waals surface area contributed by atoms with Crippen LogP contribution in [0.2, 0.25) is 0 Å². The van der Waals surface area contributed by atoms with Crippen molar-refractivity contribution in [3.05, 3.63) is 0 Å². The minimum absolute atomic E-state index is 0.153. The molecule has 0 spiro atoms. The number of ether oxygens (including phenoxy) is 2. The zero-order chi connectivity index (χ0) is 18.5. The van der Waals surface area contributed by atoms with Gasteiger partial charge in [-0.1, -0.05) is 25.7 Å². The van der Waals surface area contributed by atoms with Crippen LogP contribution in [0.5, 0.6) is 0 Å². The highest BCUT2D eigenvalue weighted by Crippen LogP contribution is 2.10. The molecule has 2 unspecified atom stereocenters. The summed E-state index contributed by atoms with van der Waals surface area (Å²) in [6, 6.07) is 0. The molecule has 0 saturated heterocycles. The number of carbonyl (C=O) groups is 4. The van der Waals surface area contributed by atoms with Crippen LogP contribution in [0.3, 0.4) is 0 Å². The minimum atomic E-state index is -0.664. The molecule has 0 aromatic rings. The van der Waals surface area contributed by atoms with Crippen molar-refractivity contribution in [2.75, 3.05) is 0 Å². The Labute approximate surface area is 144 Å². The molecule has 6 nitrogen and oxygen atoms in total. The Morgan fingerprint density at radius 2 is 0.917 bits per heavy atom. The summed E-state index contributed by atoms with van der Waals surface area (Å²) < 4.78 is 9.94. The summed E-state index contributed by atoms with van der Waals surface area (Å²) in [5.74, 6) is -0.973. The highest BCUT2D eigenvalue weighted by molar-refractivity contribution is 5.83. The molecular weight excluding hydrogens is 312 g/mol. The van der Waals surface area contributed by atoms with Crippen molar-refractivity contribution in [2.24, 2.45) is 0 Å². The third kappa shape index (κ3) is 11.8. The zero-order valence-corrected chi connectivity index (χ0v) is 15.3. The molecule has 0 aliphatic carbocycles. The average molecular weight is 342 g/mol. The van der Waals surface area contributed by atoms with E-state index in [9.17, 15) is 19.2 Å². The van der Waals surface area contributed by atoms with Crippen LogP contribution in [0, 0.1) is 0 Å². The molecule has 24 heavy (non-hydrogen) atoms. The number of esters is 2. The second-order valence-corrected chi connectivity index (χ2v) is 6.11. The minimum Gasteiger partial charge on any atom is -0.455 e. The van der Waals surface area contributed by atoms with E-state index in [1.807, 2.05) is 0 Å². The SMILES string of the molecule is CC(=O)C(C)OC(=O)CCCCCCCCC(=O)OC(C)C(C)=O. The van der Waals surface area contributed by atoms with E-state index in [1.165, 1.54) is 13.8 Å². The molecule has 0 fully saturated rings. The standard InChI is InChI=1S/C18H30O6/c1-13(19)15(3)23-17(21)11-9-7-5-6-8-10-12-18(22)24-16(4)14(2)20/h15-16H,5-12H2,1-4H3. The maximum atomic E-state index is 11.5. The summed E-state index contributed by atoms with van der Waals surface area (Å²) in [7, 11) is 0. The second-order valence-electron chi connectivity index (χ2n) is 6.11. The first-order chi connectivity index (χ1) is 11.2. The number of hydrogen-bond donors (Lipinski definition) is 0. The van der Waals surface area contributed by atoms with Crippen molar-refractivity contribution < 1.29 is 28.7 Å². The molecule has 6 heteroatoms. The first kappa shape index (κ1) is 22.3. The van der Waals surface area contributed by atoms with E-state index in [0.717, 1.165) is 38.5 Å². The van der Waals surface area contributed by atoms with Gasteiger partial charge in [-0.05, 0) is 40.5 Å². The Kier molecular flexibility index (Phi) is 11.8. The van der Waals surface area contributed by atoms with Gasteiger partial charge in [0.1, 0.15) is 0 Å². The summed E-state index contributed by atoms with van der Waals surface area (Å²) in [6.07, 6.45) is 4.59. The Bertz CT molecular complexity index is 389. The molecule has 0 aliphatic heterocycles. The van der Waals surface area contributed by atoms with Crippen molar-refractivity contribution in [2.45, 2.75) is 91.3 Å². The fourth-order valence-corrected chi connectivity index (χ4v) is 1.92. The molecular formula is C18H30O6. The Morgan fingerprint density at radius 3 is 1.21 bits per heavy atom. The number of unbranched alkanes of at least 4 members (excludes halogenated alkanes) is 5. The van der Waals surface area contributed by atoms with Gasteiger partial charge in [0.25, 0.3) is 0 Å². The number of hydrogen-bond acceptors (Lipinski definition) is 6. The monoisotopic (exact) mass is 342 g/mol. The average Bonchev–Trinajstić information content (AvgIpc) is 2.49. The van der Waals surface area contributed by atoms with Crippen LogP contribution in [-0.2, 0) is 28.7 Å². The lowest BCUT2D eigenvalue weighted by Crippen LogP contribution is -2.21. The van der Waals surface area contributed by atoms with Crippen molar-refractivity contribution in [1.29, 1.82) is 0 Å². The maximum Gasteiger partial charge on any atom is 0.306 e. The lowest BCUT2D eigenvalue weighted by molar-refractivity contribution is -0.153. The van der Waals surface area contributed by atoms with E-state index in [1.54, 1.807) is 13.8 Å². The predicted molar refractivity (Wildman–Crippen MR) is 89.4 cm³/mol. The number of ketones is 2. The van der Waals surface area contributed by atoms with E-state index in [-0.39, 0.29) is 23.5 Å². The van der Waals surface area contributed by atoms with Gasteiger partial charge < -0.3 is 9.47 Å². The maximum absolute atomic E-state index is 11.5. The van der Waals surface area contributed by atoms with Gasteiger partial charge in [0, 0.05) is 12.8 Å². The molecule has 0 aliphatic rings. The summed E-state index contributed by atoms with van der Waals surface area (Å²) in [6.45, 7) is 5.94. The summed E-state index contributed by atoms with van der Waals surface area (Å²) in [5, 5.41) is 0. The van der Waals surface area contributed by atoms with Crippen LogP contribution >= 0.6 is 0 Å². The molecule has 0 bridgehead atoms. The summed E-state index contributed by atoms with van der Waals surface area (Å²) >= 11 is 0. The number of Topliss-reactive ketones (excluding diaryl/α,β-unsaturated/α-hetero) is 2. The van der Waals surface area contributed by atoms with Crippen LogP contribution in [0.15, 0.2) is 0 Å². The third-order valence-electron chi connectivity index (χ3n) is 3.77. The first-order valence-electron chi connectivity index (χ1n) is 8.64. The van der Waals surface area contributed by atoms with Gasteiger partial charge in [-0.15, -0.1) is 0 Å². The molecule has 0 rings (SSSR count). The topological polar surface area (TPSA) is 86.7 Å². The normalized spacial score (nSPS) is 13.0. The molecule has 0 N–H and O–H groups in total. The first-order valence-corrected chi connectivity index (χ1v) is 8.64. The lowest BCUT2D eigenvalue weighted by Gasteiger charge is -2.10. The predicted octanol–water partition coefficient (Wildman–Crippen LogP) is 3.15. The van der Waals surface area contributed by atoms with Gasteiger partial charge in [0.15, 0.2) is 23.8 Å². The van der Waals surface area contributed by atoms with Crippen LogP contribution in [0.4, 0.5) is 0 Å². The van der Waals surface area contributed by atoms with Crippen molar-refractivity contribution in [3.8, 4) is 0 Å². The molecule has 0 radical (unpaired) electrons. The van der Waals surface area contributed by atoms with Crippen LogP contribution in [-0.4, -0.2) is 35.7 Å². The molecule has 0 aromatic heterocycles. The molecule has 2 atom stereocenters. The van der Waals surface area contributed by atoms with Crippen LogP contribution in [0.1, 0.15) is 79.1 Å². The molecule has 0 saturated carbocycles. The van der Waals surface area contributed by atoms with E-state index < -0.39 is 12.2 Å². The van der Waals surface area contributed by atoms with Gasteiger partial charge in [-0.3, -0.25) is 19.2 Å². The largest absolute Gasteiger partial charge is 0.455 e. The van der Waals surface area contributed by atoms with Crippen molar-refractivity contribution >= 4 is 23.5 Å². The van der Waals surface area contributed by atoms with Gasteiger partial charge in [0.05, 0.1) is 0 Å². The third-order valence-corrected chi connectivity index (χ3v) is 3.77. The highest BCUT2D eigenvalue weighted by atomic mass is 16.5. The second kappa shape index (κ2) is 12.7. The van der Waals surface area contributed by atoms with E-state index in [4.69, 9.17) is 9.47 Å². The van der Waals surface area contributed by atoms with Gasteiger partial charge >= 0.3 is 11.9 Å². The molecule has 0 heterocycles. The smallest absolute Gasteiger partial charge is 0.306 e. The van der Waals surface area contributed by atoms with Crippen molar-refractivity contribution in [1.82, 2.24) is 0 Å². The molecule has 0 aromatic carbocycles. The van der Waals surface area contributed by atoms with Gasteiger partial charge in [-0.2, -0.15) is 0 Å². The Hall–Kier alpha value is -1.72. The Balaban J connectivity index is 3.51. The fraction of sp³-hybridized carbons (Fsp3) is 0.778. The van der Waals surface area contributed by atoms with Crippen molar-refractivity contribution in [3.63, 3.8) is 0 Å². The summed E-state index contributed by atoms with van der Waals surface area (Å²) in [5.41, 5.74) is 0. The summed E-state index contributed by atoms with van der Waals surface area (Å²) in [4.78, 5) is 44.8.